The first-order valence-corrected chi connectivity index (χ1v) is 6.84. The highest BCUT2D eigenvalue weighted by molar-refractivity contribution is 5.90. The van der Waals surface area contributed by atoms with Crippen molar-refractivity contribution in [2.75, 3.05) is 13.7 Å². The van der Waals surface area contributed by atoms with Gasteiger partial charge in [0.25, 0.3) is 0 Å². The molecule has 1 unspecified atom stereocenters. The summed E-state index contributed by atoms with van der Waals surface area (Å²) in [7, 11) is 1.29. The van der Waals surface area contributed by atoms with E-state index in [1.54, 1.807) is 20.8 Å². The Morgan fingerprint density at radius 3 is 2.40 bits per heavy atom. The molecule has 0 bridgehead atoms. The second kappa shape index (κ2) is 6.72. The predicted octanol–water partition coefficient (Wildman–Crippen LogP) is 1.91. The van der Waals surface area contributed by atoms with E-state index in [0.717, 1.165) is 6.42 Å². The maximum Gasteiger partial charge on any atom is 0.410 e. The number of esters is 1. The van der Waals surface area contributed by atoms with Crippen molar-refractivity contribution < 1.29 is 23.9 Å². The number of ketones is 1. The van der Waals surface area contributed by atoms with Gasteiger partial charge in [-0.15, -0.1) is 0 Å². The molecule has 1 atom stereocenters. The fourth-order valence-corrected chi connectivity index (χ4v) is 2.13. The number of Topliss-reactive ketones (excluding diaryl/α,β-unsaturated/α-hetero) is 1. The Balaban J connectivity index is 2.58. The fraction of sp³-hybridized carbons (Fsp3) is 0.786. The molecule has 0 spiro atoms. The third kappa shape index (κ3) is 4.83. The molecule has 0 aromatic rings. The van der Waals surface area contributed by atoms with Crippen LogP contribution in [0.3, 0.4) is 0 Å². The van der Waals surface area contributed by atoms with E-state index in [4.69, 9.17) is 4.74 Å². The van der Waals surface area contributed by atoms with Gasteiger partial charge in [-0.2, -0.15) is 0 Å². The molecule has 1 saturated heterocycles. The van der Waals surface area contributed by atoms with Crippen LogP contribution in [-0.2, 0) is 19.1 Å². The molecule has 6 nitrogen and oxygen atoms in total. The number of carbonyl (C=O) groups excluding carboxylic acids is 3. The van der Waals surface area contributed by atoms with Crippen molar-refractivity contribution in [1.82, 2.24) is 4.90 Å². The van der Waals surface area contributed by atoms with E-state index in [-0.39, 0.29) is 18.6 Å². The average Bonchev–Trinajstić information content (AvgIpc) is 2.82. The maximum absolute atomic E-state index is 12.1. The lowest BCUT2D eigenvalue weighted by atomic mass is 10.1. The maximum atomic E-state index is 12.1. The van der Waals surface area contributed by atoms with Gasteiger partial charge in [-0.25, -0.2) is 4.79 Å². The van der Waals surface area contributed by atoms with Gasteiger partial charge in [-0.1, -0.05) is 0 Å². The molecule has 1 rings (SSSR count). The Labute approximate surface area is 119 Å². The summed E-state index contributed by atoms with van der Waals surface area (Å²) in [6.45, 7) is 5.88. The number of ether oxygens (including phenoxy) is 2. The lowest BCUT2D eigenvalue weighted by Crippen LogP contribution is -2.43. The average molecular weight is 285 g/mol. The third-order valence-electron chi connectivity index (χ3n) is 3.06. The summed E-state index contributed by atoms with van der Waals surface area (Å²) >= 11 is 0. The van der Waals surface area contributed by atoms with Crippen LogP contribution in [0.1, 0.15) is 46.5 Å². The topological polar surface area (TPSA) is 72.9 Å². The van der Waals surface area contributed by atoms with Crippen molar-refractivity contribution in [2.45, 2.75) is 58.1 Å². The van der Waals surface area contributed by atoms with Gasteiger partial charge in [0.2, 0.25) is 0 Å². The molecule has 1 heterocycles. The Bertz CT molecular complexity index is 386. The molecule has 20 heavy (non-hydrogen) atoms. The number of nitrogens with zero attached hydrogens (tertiary/aromatic N) is 1. The Morgan fingerprint density at radius 1 is 1.20 bits per heavy atom. The van der Waals surface area contributed by atoms with Crippen molar-refractivity contribution in [3.05, 3.63) is 0 Å². The van der Waals surface area contributed by atoms with Gasteiger partial charge in [-0.3, -0.25) is 14.5 Å². The zero-order chi connectivity index (χ0) is 15.3. The lowest BCUT2D eigenvalue weighted by molar-refractivity contribution is -0.142. The Kier molecular flexibility index (Phi) is 5.53. The highest BCUT2D eigenvalue weighted by Crippen LogP contribution is 2.22. The van der Waals surface area contributed by atoms with Gasteiger partial charge in [0.1, 0.15) is 5.60 Å². The minimum Gasteiger partial charge on any atom is -0.469 e. The van der Waals surface area contributed by atoms with E-state index < -0.39 is 23.7 Å². The highest BCUT2D eigenvalue weighted by atomic mass is 16.6. The molecular formula is C14H23NO5. The van der Waals surface area contributed by atoms with Crippen molar-refractivity contribution >= 4 is 17.8 Å². The van der Waals surface area contributed by atoms with Crippen LogP contribution in [0.5, 0.6) is 0 Å². The van der Waals surface area contributed by atoms with E-state index >= 15 is 0 Å². The molecule has 0 saturated carbocycles. The lowest BCUT2D eigenvalue weighted by Gasteiger charge is -2.27. The third-order valence-corrected chi connectivity index (χ3v) is 3.06. The van der Waals surface area contributed by atoms with Gasteiger partial charge in [0, 0.05) is 13.0 Å². The molecule has 0 radical (unpaired) electrons. The van der Waals surface area contributed by atoms with E-state index in [1.807, 2.05) is 0 Å². The number of rotatable bonds is 4. The van der Waals surface area contributed by atoms with Gasteiger partial charge in [0.05, 0.1) is 19.6 Å². The fourth-order valence-electron chi connectivity index (χ4n) is 2.13. The SMILES string of the molecule is COC(=O)CCC(=O)C1CCCN1C(=O)OC(C)(C)C. The van der Waals surface area contributed by atoms with Crippen LogP contribution >= 0.6 is 0 Å². The van der Waals surface area contributed by atoms with Crippen LogP contribution in [0.2, 0.25) is 0 Å². The molecular weight excluding hydrogens is 262 g/mol. The summed E-state index contributed by atoms with van der Waals surface area (Å²) in [6, 6.07) is -0.477. The van der Waals surface area contributed by atoms with Crippen molar-refractivity contribution in [2.24, 2.45) is 0 Å². The summed E-state index contributed by atoms with van der Waals surface area (Å²) in [5.41, 5.74) is -0.584. The summed E-state index contributed by atoms with van der Waals surface area (Å²) in [4.78, 5) is 36.6. The second-order valence-corrected chi connectivity index (χ2v) is 5.87. The normalized spacial score (nSPS) is 18.8. The van der Waals surface area contributed by atoms with Crippen LogP contribution in [0, 0.1) is 0 Å². The highest BCUT2D eigenvalue weighted by Gasteiger charge is 2.36. The molecule has 0 aromatic carbocycles. The summed E-state index contributed by atoms with van der Waals surface area (Å²) < 4.78 is 9.80. The summed E-state index contributed by atoms with van der Waals surface area (Å²) in [6.07, 6.45) is 1.07. The molecule has 0 aromatic heterocycles. The van der Waals surface area contributed by atoms with E-state index in [0.29, 0.717) is 13.0 Å². The summed E-state index contributed by atoms with van der Waals surface area (Å²) in [5, 5.41) is 0. The quantitative estimate of drug-likeness (QED) is 0.738. The van der Waals surface area contributed by atoms with Crippen molar-refractivity contribution in [3.63, 3.8) is 0 Å². The zero-order valence-corrected chi connectivity index (χ0v) is 12.6. The zero-order valence-electron chi connectivity index (χ0n) is 12.6. The number of amides is 1. The van der Waals surface area contributed by atoms with Gasteiger partial charge in [0.15, 0.2) is 5.78 Å². The van der Waals surface area contributed by atoms with Crippen LogP contribution < -0.4 is 0 Å². The predicted molar refractivity (Wildman–Crippen MR) is 72.2 cm³/mol. The second-order valence-electron chi connectivity index (χ2n) is 5.87. The first kappa shape index (κ1) is 16.5. The number of hydrogen-bond donors (Lipinski definition) is 0. The molecule has 6 heteroatoms. The molecule has 0 N–H and O–H groups in total. The minimum atomic E-state index is -0.584. The van der Waals surface area contributed by atoms with E-state index in [2.05, 4.69) is 4.74 Å². The number of methoxy groups -OCH3 is 1. The Morgan fingerprint density at radius 2 is 1.85 bits per heavy atom. The van der Waals surface area contributed by atoms with E-state index in [9.17, 15) is 14.4 Å². The van der Waals surface area contributed by atoms with E-state index in [1.165, 1.54) is 12.0 Å². The van der Waals surface area contributed by atoms with Crippen LogP contribution in [0.25, 0.3) is 0 Å². The molecule has 1 aliphatic heterocycles. The van der Waals surface area contributed by atoms with Gasteiger partial charge in [-0.05, 0) is 33.6 Å². The standard InChI is InChI=1S/C14H23NO5/c1-14(2,3)20-13(18)15-9-5-6-10(15)11(16)7-8-12(17)19-4/h10H,5-9H2,1-4H3. The summed E-state index contributed by atoms with van der Waals surface area (Å²) in [5.74, 6) is -0.529. The number of likely N-dealkylation sites (tertiary alicyclic amines) is 1. The minimum absolute atomic E-state index is 0.0496. The first-order chi connectivity index (χ1) is 9.24. The largest absolute Gasteiger partial charge is 0.469 e. The smallest absolute Gasteiger partial charge is 0.410 e. The first-order valence-electron chi connectivity index (χ1n) is 6.84. The molecule has 114 valence electrons. The molecule has 1 aliphatic rings. The molecule has 0 aliphatic carbocycles. The Hall–Kier alpha value is -1.59. The molecule has 1 fully saturated rings. The van der Waals surface area contributed by atoms with Gasteiger partial charge < -0.3 is 9.47 Å². The van der Waals surface area contributed by atoms with Gasteiger partial charge >= 0.3 is 12.1 Å². The van der Waals surface area contributed by atoms with Crippen LogP contribution in [0.15, 0.2) is 0 Å². The van der Waals surface area contributed by atoms with Crippen LogP contribution in [-0.4, -0.2) is 48.0 Å². The van der Waals surface area contributed by atoms with Crippen LogP contribution in [0.4, 0.5) is 4.79 Å². The van der Waals surface area contributed by atoms with Crippen molar-refractivity contribution in [1.29, 1.82) is 0 Å². The number of carbonyl (C=O) groups is 3. The molecule has 1 amide bonds. The van der Waals surface area contributed by atoms with Crippen molar-refractivity contribution in [3.8, 4) is 0 Å². The number of hydrogen-bond acceptors (Lipinski definition) is 5. The monoisotopic (exact) mass is 285 g/mol.